The first-order valence-corrected chi connectivity index (χ1v) is 6.80. The second kappa shape index (κ2) is 4.31. The third-order valence-electron chi connectivity index (χ3n) is 2.97. The third-order valence-corrected chi connectivity index (χ3v) is 3.86. The number of ketones is 1. The van der Waals surface area contributed by atoms with E-state index in [4.69, 9.17) is 4.55 Å². The van der Waals surface area contributed by atoms with Gasteiger partial charge in [-0.3, -0.25) is 9.35 Å². The van der Waals surface area contributed by atoms with Gasteiger partial charge in [0, 0.05) is 12.0 Å². The van der Waals surface area contributed by atoms with Crippen LogP contribution in [0.25, 0.3) is 0 Å². The molecule has 104 valence electrons. The Morgan fingerprint density at radius 2 is 1.79 bits per heavy atom. The molecular formula is C11H9F3O4S. The molecule has 4 nitrogen and oxygen atoms in total. The quantitative estimate of drug-likeness (QED) is 0.808. The SMILES string of the molecule is O=C1CCCc2c1ccc(S(=O)(=O)O)c2C(F)(F)F. The van der Waals surface area contributed by atoms with Crippen LogP contribution >= 0.6 is 0 Å². The fraction of sp³-hybridized carbons (Fsp3) is 0.364. The molecule has 1 aromatic rings. The van der Waals surface area contributed by atoms with Crippen molar-refractivity contribution in [2.24, 2.45) is 0 Å². The zero-order valence-corrected chi connectivity index (χ0v) is 10.3. The molecule has 0 unspecified atom stereocenters. The van der Waals surface area contributed by atoms with E-state index in [0.29, 0.717) is 6.07 Å². The molecule has 0 saturated heterocycles. The molecule has 19 heavy (non-hydrogen) atoms. The summed E-state index contributed by atoms with van der Waals surface area (Å²) >= 11 is 0. The maximum atomic E-state index is 13.0. The van der Waals surface area contributed by atoms with E-state index in [1.807, 2.05) is 0 Å². The highest BCUT2D eigenvalue weighted by Gasteiger charge is 2.41. The van der Waals surface area contributed by atoms with E-state index in [2.05, 4.69) is 0 Å². The largest absolute Gasteiger partial charge is 0.418 e. The smallest absolute Gasteiger partial charge is 0.294 e. The van der Waals surface area contributed by atoms with E-state index in [1.54, 1.807) is 0 Å². The minimum Gasteiger partial charge on any atom is -0.294 e. The summed E-state index contributed by atoms with van der Waals surface area (Å²) in [6.07, 6.45) is -4.63. The van der Waals surface area contributed by atoms with Gasteiger partial charge >= 0.3 is 6.18 Å². The van der Waals surface area contributed by atoms with Crippen LogP contribution in [-0.4, -0.2) is 18.8 Å². The first-order chi connectivity index (χ1) is 8.62. The first-order valence-electron chi connectivity index (χ1n) is 5.36. The molecule has 0 aliphatic heterocycles. The summed E-state index contributed by atoms with van der Waals surface area (Å²) in [5, 5.41) is 0. The van der Waals surface area contributed by atoms with Crippen LogP contribution in [0, 0.1) is 0 Å². The highest BCUT2D eigenvalue weighted by molar-refractivity contribution is 7.85. The zero-order valence-electron chi connectivity index (χ0n) is 9.49. The Kier molecular flexibility index (Phi) is 3.18. The van der Waals surface area contributed by atoms with Crippen molar-refractivity contribution in [1.82, 2.24) is 0 Å². The van der Waals surface area contributed by atoms with Crippen LogP contribution in [0.5, 0.6) is 0 Å². The van der Waals surface area contributed by atoms with E-state index in [-0.39, 0.29) is 30.4 Å². The third kappa shape index (κ3) is 2.50. The molecule has 8 heteroatoms. The topological polar surface area (TPSA) is 71.4 Å². The molecule has 1 aromatic carbocycles. The van der Waals surface area contributed by atoms with Gasteiger partial charge in [-0.1, -0.05) is 0 Å². The minimum atomic E-state index is -5.00. The van der Waals surface area contributed by atoms with Gasteiger partial charge in [0.05, 0.1) is 5.56 Å². The molecule has 0 spiro atoms. The number of benzene rings is 1. The fourth-order valence-corrected chi connectivity index (χ4v) is 2.97. The van der Waals surface area contributed by atoms with Gasteiger partial charge in [0.2, 0.25) is 0 Å². The molecule has 1 aliphatic carbocycles. The Labute approximate surface area is 107 Å². The molecule has 1 aliphatic rings. The van der Waals surface area contributed by atoms with Crippen LogP contribution in [0.1, 0.15) is 34.3 Å². The molecule has 0 heterocycles. The van der Waals surface area contributed by atoms with Crippen molar-refractivity contribution < 1.29 is 30.9 Å². The van der Waals surface area contributed by atoms with Crippen LogP contribution in [-0.2, 0) is 22.7 Å². The van der Waals surface area contributed by atoms with E-state index >= 15 is 0 Å². The predicted octanol–water partition coefficient (Wildman–Crippen LogP) is 2.47. The molecule has 0 saturated carbocycles. The van der Waals surface area contributed by atoms with Gasteiger partial charge in [-0.15, -0.1) is 0 Å². The van der Waals surface area contributed by atoms with Crippen LogP contribution in [0.2, 0.25) is 0 Å². The molecule has 0 bridgehead atoms. The summed E-state index contributed by atoms with van der Waals surface area (Å²) in [5.41, 5.74) is -1.90. The Morgan fingerprint density at radius 1 is 1.16 bits per heavy atom. The Morgan fingerprint density at radius 3 is 2.32 bits per heavy atom. The number of hydrogen-bond acceptors (Lipinski definition) is 3. The number of rotatable bonds is 1. The summed E-state index contributed by atoms with van der Waals surface area (Å²) in [5.74, 6) is -0.450. The molecule has 1 N–H and O–H groups in total. The maximum Gasteiger partial charge on any atom is 0.418 e. The van der Waals surface area contributed by atoms with Crippen LogP contribution in [0.15, 0.2) is 17.0 Å². The normalized spacial score (nSPS) is 16.3. The average molecular weight is 294 g/mol. The Bertz CT molecular complexity index is 647. The average Bonchev–Trinajstić information content (AvgIpc) is 2.25. The van der Waals surface area contributed by atoms with Gasteiger partial charge in [-0.2, -0.15) is 21.6 Å². The lowest BCUT2D eigenvalue weighted by atomic mass is 9.87. The standard InChI is InChI=1S/C11H9F3O4S/c12-11(13,14)10-7-2-1-3-8(15)6(7)4-5-9(10)19(16,17)18/h4-5H,1-3H2,(H,16,17,18). The second-order valence-electron chi connectivity index (χ2n) is 4.21. The van der Waals surface area contributed by atoms with Crippen molar-refractivity contribution in [3.05, 3.63) is 28.8 Å². The van der Waals surface area contributed by atoms with Crippen LogP contribution in [0.3, 0.4) is 0 Å². The summed E-state index contributed by atoms with van der Waals surface area (Å²) in [6, 6.07) is 1.65. The lowest BCUT2D eigenvalue weighted by molar-refractivity contribution is -0.140. The number of carbonyl (C=O) groups is 1. The minimum absolute atomic E-state index is 0.0424. The monoisotopic (exact) mass is 294 g/mol. The number of alkyl halides is 3. The van der Waals surface area contributed by atoms with Gasteiger partial charge in [-0.25, -0.2) is 0 Å². The Hall–Kier alpha value is -1.41. The summed E-state index contributed by atoms with van der Waals surface area (Å²) in [7, 11) is -5.00. The van der Waals surface area contributed by atoms with Gasteiger partial charge < -0.3 is 0 Å². The van der Waals surface area contributed by atoms with Crippen LogP contribution in [0.4, 0.5) is 13.2 Å². The number of hydrogen-bond donors (Lipinski definition) is 1. The Balaban J connectivity index is 2.84. The molecule has 0 fully saturated rings. The lowest BCUT2D eigenvalue weighted by Crippen LogP contribution is -2.21. The van der Waals surface area contributed by atoms with Gasteiger partial charge in [0.1, 0.15) is 4.90 Å². The first kappa shape index (κ1) is 14.0. The van der Waals surface area contributed by atoms with Crippen molar-refractivity contribution in [2.45, 2.75) is 30.3 Å². The molecule has 2 rings (SSSR count). The van der Waals surface area contributed by atoms with Gasteiger partial charge in [0.15, 0.2) is 5.78 Å². The van der Waals surface area contributed by atoms with Crippen molar-refractivity contribution in [3.8, 4) is 0 Å². The number of halogens is 3. The molecule has 0 amide bonds. The van der Waals surface area contributed by atoms with Crippen LogP contribution < -0.4 is 0 Å². The molecule has 0 radical (unpaired) electrons. The highest BCUT2D eigenvalue weighted by Crippen LogP contribution is 2.40. The summed E-state index contributed by atoms with van der Waals surface area (Å²) in [6.45, 7) is 0. The predicted molar refractivity (Wildman–Crippen MR) is 58.5 cm³/mol. The summed E-state index contributed by atoms with van der Waals surface area (Å²) < 4.78 is 70.0. The summed E-state index contributed by atoms with van der Waals surface area (Å²) in [4.78, 5) is 10.3. The highest BCUT2D eigenvalue weighted by atomic mass is 32.2. The molecule has 0 aromatic heterocycles. The van der Waals surface area contributed by atoms with Crippen molar-refractivity contribution >= 4 is 15.9 Å². The van der Waals surface area contributed by atoms with E-state index in [0.717, 1.165) is 6.07 Å². The molecular weight excluding hydrogens is 285 g/mol. The fourth-order valence-electron chi connectivity index (χ4n) is 2.23. The van der Waals surface area contributed by atoms with E-state index < -0.39 is 32.5 Å². The van der Waals surface area contributed by atoms with Gasteiger partial charge in [0.25, 0.3) is 10.1 Å². The zero-order chi connectivity index (χ0) is 14.4. The van der Waals surface area contributed by atoms with Crippen molar-refractivity contribution in [1.29, 1.82) is 0 Å². The second-order valence-corrected chi connectivity index (χ2v) is 5.60. The van der Waals surface area contributed by atoms with E-state index in [9.17, 15) is 26.4 Å². The number of Topliss-reactive ketones (excluding diaryl/α,β-unsaturated/α-hetero) is 1. The number of fused-ring (bicyclic) bond motifs is 1. The molecule has 0 atom stereocenters. The van der Waals surface area contributed by atoms with Crippen molar-refractivity contribution in [2.75, 3.05) is 0 Å². The van der Waals surface area contributed by atoms with Gasteiger partial charge in [-0.05, 0) is 30.5 Å². The lowest BCUT2D eigenvalue weighted by Gasteiger charge is -2.21. The number of carbonyl (C=O) groups excluding carboxylic acids is 1. The van der Waals surface area contributed by atoms with Crippen molar-refractivity contribution in [3.63, 3.8) is 0 Å². The maximum absolute atomic E-state index is 13.0. The van der Waals surface area contributed by atoms with E-state index in [1.165, 1.54) is 0 Å².